The highest BCUT2D eigenvalue weighted by molar-refractivity contribution is 7.09. The van der Waals surface area contributed by atoms with Crippen molar-refractivity contribution in [2.24, 2.45) is 11.1 Å². The average Bonchev–Trinajstić information content (AvgIpc) is 2.48. The Balaban J connectivity index is 2.20. The van der Waals surface area contributed by atoms with Crippen LogP contribution in [0, 0.1) is 5.41 Å². The van der Waals surface area contributed by atoms with Gasteiger partial charge in [-0.1, -0.05) is 13.8 Å². The fourth-order valence-corrected chi connectivity index (χ4v) is 2.94. The summed E-state index contributed by atoms with van der Waals surface area (Å²) in [5, 5.41) is 3.37. The molecule has 0 aromatic carbocycles. The van der Waals surface area contributed by atoms with Crippen LogP contribution in [0.25, 0.3) is 0 Å². The Hall–Kier alpha value is -0.410. The lowest BCUT2D eigenvalue weighted by Crippen LogP contribution is -2.29. The Kier molecular flexibility index (Phi) is 2.02. The summed E-state index contributed by atoms with van der Waals surface area (Å²) in [6.45, 7) is 8.60. The van der Waals surface area contributed by atoms with E-state index in [-0.39, 0.29) is 5.54 Å². The van der Waals surface area contributed by atoms with Gasteiger partial charge in [0.1, 0.15) is 0 Å². The van der Waals surface area contributed by atoms with Crippen molar-refractivity contribution in [3.05, 3.63) is 16.1 Å². The van der Waals surface area contributed by atoms with Crippen molar-refractivity contribution in [3.8, 4) is 0 Å². The van der Waals surface area contributed by atoms with E-state index in [0.29, 0.717) is 11.3 Å². The van der Waals surface area contributed by atoms with E-state index >= 15 is 0 Å². The molecule has 0 amide bonds. The molecule has 0 spiro atoms. The number of nitrogens with two attached hydrogens (primary N) is 1. The monoisotopic (exact) mass is 210 g/mol. The minimum Gasteiger partial charge on any atom is -0.321 e. The molecular weight excluding hydrogens is 192 g/mol. The van der Waals surface area contributed by atoms with Gasteiger partial charge >= 0.3 is 0 Å². The van der Waals surface area contributed by atoms with Gasteiger partial charge in [-0.05, 0) is 25.7 Å². The quantitative estimate of drug-likeness (QED) is 0.815. The van der Waals surface area contributed by atoms with Crippen molar-refractivity contribution >= 4 is 11.3 Å². The Morgan fingerprint density at radius 2 is 2.14 bits per heavy atom. The largest absolute Gasteiger partial charge is 0.321 e. The molecule has 2 nitrogen and oxygen atoms in total. The molecule has 2 rings (SSSR count). The first-order chi connectivity index (χ1) is 6.31. The number of hydrogen-bond donors (Lipinski definition) is 1. The third kappa shape index (κ3) is 1.71. The van der Waals surface area contributed by atoms with Crippen molar-refractivity contribution in [2.75, 3.05) is 0 Å². The second-order valence-corrected chi connectivity index (χ2v) is 6.43. The predicted molar refractivity (Wildman–Crippen MR) is 60.5 cm³/mol. The van der Waals surface area contributed by atoms with Crippen molar-refractivity contribution in [2.45, 2.75) is 45.6 Å². The molecule has 0 radical (unpaired) electrons. The van der Waals surface area contributed by atoms with Gasteiger partial charge in [0.2, 0.25) is 0 Å². The van der Waals surface area contributed by atoms with E-state index in [1.807, 2.05) is 13.8 Å². The summed E-state index contributed by atoms with van der Waals surface area (Å²) < 4.78 is 0. The van der Waals surface area contributed by atoms with Crippen LogP contribution in [0.4, 0.5) is 0 Å². The lowest BCUT2D eigenvalue weighted by atomic mass is 10.0. The molecule has 1 aliphatic rings. The van der Waals surface area contributed by atoms with E-state index < -0.39 is 0 Å². The van der Waals surface area contributed by atoms with Crippen LogP contribution in [0.2, 0.25) is 0 Å². The van der Waals surface area contributed by atoms with Crippen LogP contribution in [0.1, 0.15) is 50.7 Å². The third-order valence-corrected chi connectivity index (χ3v) is 3.95. The predicted octanol–water partition coefficient (Wildman–Crippen LogP) is 2.85. The molecule has 1 aromatic heterocycles. The first-order valence-corrected chi connectivity index (χ1v) is 5.93. The summed E-state index contributed by atoms with van der Waals surface area (Å²) in [7, 11) is 0. The Bertz CT molecular complexity index is 346. The van der Waals surface area contributed by atoms with E-state index in [9.17, 15) is 0 Å². The van der Waals surface area contributed by atoms with Crippen LogP contribution >= 0.6 is 11.3 Å². The number of rotatable bonds is 2. The van der Waals surface area contributed by atoms with Gasteiger partial charge in [0, 0.05) is 11.3 Å². The molecule has 78 valence electrons. The maximum absolute atomic E-state index is 6.00. The molecule has 1 heterocycles. The smallest absolute Gasteiger partial charge is 0.0965 e. The van der Waals surface area contributed by atoms with Crippen molar-refractivity contribution in [1.82, 2.24) is 4.98 Å². The van der Waals surface area contributed by atoms with Gasteiger partial charge < -0.3 is 5.73 Å². The van der Waals surface area contributed by atoms with E-state index in [4.69, 9.17) is 5.73 Å². The normalized spacial score (nSPS) is 25.1. The van der Waals surface area contributed by atoms with Gasteiger partial charge in [-0.3, -0.25) is 0 Å². The second-order valence-electron chi connectivity index (χ2n) is 5.54. The van der Waals surface area contributed by atoms with E-state index in [1.165, 1.54) is 11.4 Å². The Labute approximate surface area is 89.5 Å². The van der Waals surface area contributed by atoms with Crippen molar-refractivity contribution < 1.29 is 0 Å². The van der Waals surface area contributed by atoms with Crippen LogP contribution in [-0.2, 0) is 5.54 Å². The second kappa shape index (κ2) is 2.80. The highest BCUT2D eigenvalue weighted by Gasteiger charge is 2.48. The summed E-state index contributed by atoms with van der Waals surface area (Å²) in [6.07, 6.45) is 1.27. The Morgan fingerprint density at radius 1 is 1.57 bits per heavy atom. The number of hydrogen-bond acceptors (Lipinski definition) is 3. The van der Waals surface area contributed by atoms with E-state index in [1.54, 1.807) is 11.3 Å². The first kappa shape index (κ1) is 10.1. The minimum absolute atomic E-state index is 0.298. The van der Waals surface area contributed by atoms with E-state index in [2.05, 4.69) is 24.2 Å². The Morgan fingerprint density at radius 3 is 2.50 bits per heavy atom. The molecule has 1 unspecified atom stereocenters. The highest BCUT2D eigenvalue weighted by Crippen LogP contribution is 2.59. The summed E-state index contributed by atoms with van der Waals surface area (Å²) in [4.78, 5) is 4.63. The molecule has 3 heteroatoms. The van der Waals surface area contributed by atoms with Crippen LogP contribution in [-0.4, -0.2) is 4.98 Å². The van der Waals surface area contributed by atoms with Crippen molar-refractivity contribution in [3.63, 3.8) is 0 Å². The van der Waals surface area contributed by atoms with Crippen LogP contribution in [0.15, 0.2) is 5.38 Å². The highest BCUT2D eigenvalue weighted by atomic mass is 32.1. The third-order valence-electron chi connectivity index (χ3n) is 2.99. The molecule has 0 aliphatic heterocycles. The lowest BCUT2D eigenvalue weighted by Gasteiger charge is -2.14. The SMILES string of the molecule is CC(C)(N)c1csc(C2CC2(C)C)n1. The van der Waals surface area contributed by atoms with Gasteiger partial charge in [0.05, 0.1) is 16.2 Å². The van der Waals surface area contributed by atoms with Crippen LogP contribution in [0.3, 0.4) is 0 Å². The summed E-state index contributed by atoms with van der Waals surface area (Å²) in [6, 6.07) is 0. The molecule has 1 fully saturated rings. The van der Waals surface area contributed by atoms with Gasteiger partial charge in [0.25, 0.3) is 0 Å². The van der Waals surface area contributed by atoms with Gasteiger partial charge in [0.15, 0.2) is 0 Å². The molecule has 0 saturated heterocycles. The zero-order chi connectivity index (χ0) is 10.6. The number of thiazole rings is 1. The minimum atomic E-state index is -0.298. The fraction of sp³-hybridized carbons (Fsp3) is 0.727. The summed E-state index contributed by atoms with van der Waals surface area (Å²) in [5.41, 5.74) is 7.20. The molecular formula is C11H18N2S. The van der Waals surface area contributed by atoms with Crippen LogP contribution in [0.5, 0.6) is 0 Å². The first-order valence-electron chi connectivity index (χ1n) is 5.05. The number of nitrogens with zero attached hydrogens (tertiary/aromatic N) is 1. The number of aromatic nitrogens is 1. The molecule has 1 aromatic rings. The molecule has 1 atom stereocenters. The maximum atomic E-state index is 6.00. The molecule has 14 heavy (non-hydrogen) atoms. The van der Waals surface area contributed by atoms with E-state index in [0.717, 1.165) is 5.69 Å². The van der Waals surface area contributed by atoms with Gasteiger partial charge in [-0.15, -0.1) is 11.3 Å². The average molecular weight is 210 g/mol. The lowest BCUT2D eigenvalue weighted by molar-refractivity contribution is 0.535. The molecule has 1 saturated carbocycles. The van der Waals surface area contributed by atoms with Crippen molar-refractivity contribution in [1.29, 1.82) is 0 Å². The molecule has 0 bridgehead atoms. The topological polar surface area (TPSA) is 38.9 Å². The molecule has 1 aliphatic carbocycles. The van der Waals surface area contributed by atoms with Gasteiger partial charge in [-0.2, -0.15) is 0 Å². The standard InChI is InChI=1S/C11H18N2S/c1-10(2)5-7(10)9-13-8(6-14-9)11(3,4)12/h6-7H,5,12H2,1-4H3. The fourth-order valence-electron chi connectivity index (χ4n) is 1.63. The maximum Gasteiger partial charge on any atom is 0.0965 e. The molecule has 2 N–H and O–H groups in total. The summed E-state index contributed by atoms with van der Waals surface area (Å²) in [5.74, 6) is 0.670. The zero-order valence-electron chi connectivity index (χ0n) is 9.29. The summed E-state index contributed by atoms with van der Waals surface area (Å²) >= 11 is 1.76. The zero-order valence-corrected chi connectivity index (χ0v) is 10.1. The van der Waals surface area contributed by atoms with Gasteiger partial charge in [-0.25, -0.2) is 4.98 Å². The van der Waals surface area contributed by atoms with Crippen LogP contribution < -0.4 is 5.73 Å².